The minimum absolute atomic E-state index is 0.251. The summed E-state index contributed by atoms with van der Waals surface area (Å²) >= 11 is 4.93. The van der Waals surface area contributed by atoms with Gasteiger partial charge in [0.2, 0.25) is 5.91 Å². The van der Waals surface area contributed by atoms with Gasteiger partial charge in [0.05, 0.1) is 13.2 Å². The summed E-state index contributed by atoms with van der Waals surface area (Å²) in [5.41, 5.74) is 5.58. The summed E-state index contributed by atoms with van der Waals surface area (Å²) in [5.74, 6) is 2.23. The molecule has 17 heavy (non-hydrogen) atoms. The van der Waals surface area contributed by atoms with Crippen LogP contribution in [0.5, 0.6) is 0 Å². The van der Waals surface area contributed by atoms with Crippen molar-refractivity contribution in [1.29, 1.82) is 0 Å². The molecule has 1 heterocycles. The molecule has 94 valence electrons. The Kier molecular flexibility index (Phi) is 2.83. The average Bonchev–Trinajstić information content (AvgIpc) is 2.95. The molecule has 0 radical (unpaired) electrons. The lowest BCUT2D eigenvalue weighted by molar-refractivity contribution is -0.141. The molecule has 1 aliphatic heterocycles. The summed E-state index contributed by atoms with van der Waals surface area (Å²) < 4.78 is 5.45. The van der Waals surface area contributed by atoms with Crippen molar-refractivity contribution in [3.63, 3.8) is 0 Å². The van der Waals surface area contributed by atoms with Gasteiger partial charge in [0.25, 0.3) is 0 Å². The first-order valence-corrected chi connectivity index (χ1v) is 6.75. The highest BCUT2D eigenvalue weighted by molar-refractivity contribution is 7.80. The summed E-state index contributed by atoms with van der Waals surface area (Å²) in [7, 11) is 0. The lowest BCUT2D eigenvalue weighted by Gasteiger charge is -2.34. The van der Waals surface area contributed by atoms with Crippen LogP contribution in [0.1, 0.15) is 19.3 Å². The maximum atomic E-state index is 12.3. The van der Waals surface area contributed by atoms with Gasteiger partial charge in [0.15, 0.2) is 0 Å². The first-order valence-electron chi connectivity index (χ1n) is 6.35. The van der Waals surface area contributed by atoms with Gasteiger partial charge >= 0.3 is 0 Å². The van der Waals surface area contributed by atoms with Crippen LogP contribution in [0, 0.1) is 17.8 Å². The van der Waals surface area contributed by atoms with E-state index in [0.29, 0.717) is 30.6 Å². The Hall–Kier alpha value is -0.680. The predicted octanol–water partition coefficient (Wildman–Crippen LogP) is 0.546. The van der Waals surface area contributed by atoms with Gasteiger partial charge in [0.1, 0.15) is 11.1 Å². The van der Waals surface area contributed by atoms with E-state index in [2.05, 4.69) is 0 Å². The summed E-state index contributed by atoms with van der Waals surface area (Å²) in [5, 5.41) is 0. The second kappa shape index (κ2) is 4.21. The Balaban J connectivity index is 1.59. The normalized spacial score (nSPS) is 39.9. The number of morpholine rings is 1. The number of nitrogens with zero attached hydrogens (tertiary/aromatic N) is 1. The fraction of sp³-hybridized carbons (Fsp3) is 0.833. The number of amides is 1. The molecule has 1 saturated heterocycles. The number of ether oxygens (including phenoxy) is 1. The van der Waals surface area contributed by atoms with Crippen LogP contribution in [0.3, 0.4) is 0 Å². The number of thiocarbonyl (C=S) groups is 1. The molecule has 0 aromatic carbocycles. The van der Waals surface area contributed by atoms with E-state index in [1.54, 1.807) is 0 Å². The Morgan fingerprint density at radius 1 is 1.29 bits per heavy atom. The first kappa shape index (κ1) is 11.4. The summed E-state index contributed by atoms with van der Waals surface area (Å²) in [6.07, 6.45) is 3.29. The second-order valence-electron chi connectivity index (χ2n) is 5.47. The molecule has 0 aromatic heterocycles. The van der Waals surface area contributed by atoms with E-state index >= 15 is 0 Å². The monoisotopic (exact) mass is 254 g/mol. The van der Waals surface area contributed by atoms with Crippen LogP contribution in [0.4, 0.5) is 0 Å². The number of hydrogen-bond donors (Lipinski definition) is 1. The van der Waals surface area contributed by atoms with Crippen LogP contribution in [-0.4, -0.2) is 41.6 Å². The molecule has 2 N–H and O–H groups in total. The zero-order valence-corrected chi connectivity index (χ0v) is 10.6. The zero-order chi connectivity index (χ0) is 12.0. The third kappa shape index (κ3) is 2.18. The smallest absolute Gasteiger partial charge is 0.225 e. The molecule has 2 saturated carbocycles. The number of hydrogen-bond acceptors (Lipinski definition) is 3. The van der Waals surface area contributed by atoms with Crippen molar-refractivity contribution in [1.82, 2.24) is 4.90 Å². The minimum Gasteiger partial charge on any atom is -0.391 e. The van der Waals surface area contributed by atoms with Crippen LogP contribution < -0.4 is 5.73 Å². The van der Waals surface area contributed by atoms with Crippen LogP contribution in [-0.2, 0) is 9.53 Å². The third-order valence-corrected chi connectivity index (χ3v) is 4.55. The molecular formula is C12H18N2O2S. The fourth-order valence-corrected chi connectivity index (χ4v) is 3.34. The number of fused-ring (bicyclic) bond motifs is 1. The summed E-state index contributed by atoms with van der Waals surface area (Å²) in [4.78, 5) is 14.6. The molecule has 5 heteroatoms. The van der Waals surface area contributed by atoms with Crippen molar-refractivity contribution in [2.75, 3.05) is 19.7 Å². The van der Waals surface area contributed by atoms with Gasteiger partial charge in [-0.15, -0.1) is 0 Å². The van der Waals surface area contributed by atoms with Crippen molar-refractivity contribution in [2.45, 2.75) is 25.4 Å². The molecule has 3 atom stereocenters. The lowest BCUT2D eigenvalue weighted by atomic mass is 10.0. The molecule has 3 unspecified atom stereocenters. The van der Waals surface area contributed by atoms with Crippen molar-refractivity contribution in [3.8, 4) is 0 Å². The maximum Gasteiger partial charge on any atom is 0.225 e. The molecule has 3 aliphatic rings. The Morgan fingerprint density at radius 3 is 2.65 bits per heavy atom. The highest BCUT2D eigenvalue weighted by Crippen LogP contribution is 2.54. The number of carbonyl (C=O) groups excluding carboxylic acids is 1. The van der Waals surface area contributed by atoms with E-state index in [-0.39, 0.29) is 12.0 Å². The SMILES string of the molecule is NC(=S)C1CN(C(=O)C2CC3CC3C2)CCO1. The third-order valence-electron chi connectivity index (χ3n) is 4.29. The van der Waals surface area contributed by atoms with Crippen molar-refractivity contribution in [2.24, 2.45) is 23.5 Å². The van der Waals surface area contributed by atoms with Gasteiger partial charge in [0, 0.05) is 12.5 Å². The highest BCUT2D eigenvalue weighted by Gasteiger charge is 2.49. The van der Waals surface area contributed by atoms with Crippen molar-refractivity contribution >= 4 is 23.1 Å². The molecule has 0 bridgehead atoms. The lowest BCUT2D eigenvalue weighted by Crippen LogP contribution is -2.51. The van der Waals surface area contributed by atoms with E-state index in [0.717, 1.165) is 24.7 Å². The zero-order valence-electron chi connectivity index (χ0n) is 9.80. The average molecular weight is 254 g/mol. The molecule has 4 nitrogen and oxygen atoms in total. The number of rotatable bonds is 2. The van der Waals surface area contributed by atoms with E-state index in [9.17, 15) is 4.79 Å². The molecule has 1 amide bonds. The van der Waals surface area contributed by atoms with Crippen LogP contribution in [0.15, 0.2) is 0 Å². The summed E-state index contributed by atoms with van der Waals surface area (Å²) in [6, 6.07) is 0. The topological polar surface area (TPSA) is 55.6 Å². The molecule has 2 aliphatic carbocycles. The van der Waals surface area contributed by atoms with Crippen molar-refractivity contribution < 1.29 is 9.53 Å². The van der Waals surface area contributed by atoms with E-state index in [1.807, 2.05) is 4.90 Å². The first-order chi connectivity index (χ1) is 8.15. The Bertz CT molecular complexity index is 350. The van der Waals surface area contributed by atoms with Crippen LogP contribution >= 0.6 is 12.2 Å². The van der Waals surface area contributed by atoms with E-state index in [4.69, 9.17) is 22.7 Å². The van der Waals surface area contributed by atoms with Gasteiger partial charge in [-0.3, -0.25) is 4.79 Å². The Morgan fingerprint density at radius 2 is 2.00 bits per heavy atom. The van der Waals surface area contributed by atoms with Crippen LogP contribution in [0.25, 0.3) is 0 Å². The molecule has 0 spiro atoms. The van der Waals surface area contributed by atoms with Gasteiger partial charge in [-0.25, -0.2) is 0 Å². The molecule has 3 fully saturated rings. The van der Waals surface area contributed by atoms with Gasteiger partial charge < -0.3 is 15.4 Å². The second-order valence-corrected chi connectivity index (χ2v) is 5.94. The van der Waals surface area contributed by atoms with Gasteiger partial charge in [-0.1, -0.05) is 12.2 Å². The number of carbonyl (C=O) groups is 1. The molecular weight excluding hydrogens is 236 g/mol. The van der Waals surface area contributed by atoms with Crippen molar-refractivity contribution in [3.05, 3.63) is 0 Å². The minimum atomic E-state index is -0.251. The van der Waals surface area contributed by atoms with Gasteiger partial charge in [-0.2, -0.15) is 0 Å². The highest BCUT2D eigenvalue weighted by atomic mass is 32.1. The quantitative estimate of drug-likeness (QED) is 0.731. The fourth-order valence-electron chi connectivity index (χ4n) is 3.20. The number of nitrogens with two attached hydrogens (primary N) is 1. The van der Waals surface area contributed by atoms with Gasteiger partial charge in [-0.05, 0) is 31.1 Å². The Labute approximate surface area is 106 Å². The standard InChI is InChI=1S/C12H18N2O2S/c13-11(17)10-6-14(1-2-16-10)12(15)9-4-7-3-8(7)5-9/h7-10H,1-6H2,(H2,13,17). The van der Waals surface area contributed by atoms with Crippen LogP contribution in [0.2, 0.25) is 0 Å². The van der Waals surface area contributed by atoms with E-state index in [1.165, 1.54) is 6.42 Å². The molecule has 3 rings (SSSR count). The summed E-state index contributed by atoms with van der Waals surface area (Å²) in [6.45, 7) is 1.77. The molecule has 0 aromatic rings. The predicted molar refractivity (Wildman–Crippen MR) is 67.4 cm³/mol. The van der Waals surface area contributed by atoms with E-state index < -0.39 is 0 Å². The largest absolute Gasteiger partial charge is 0.391 e. The maximum absolute atomic E-state index is 12.3.